The smallest absolute Gasteiger partial charge is 0.00189 e. The van der Waals surface area contributed by atoms with Gasteiger partial charge in [-0.2, -0.15) is 0 Å². The molecule has 0 spiro atoms. The van der Waals surface area contributed by atoms with E-state index < -0.39 is 0 Å². The van der Waals surface area contributed by atoms with Gasteiger partial charge in [-0.15, -0.1) is 0 Å². The summed E-state index contributed by atoms with van der Waals surface area (Å²) in [4.78, 5) is 2.73. The summed E-state index contributed by atoms with van der Waals surface area (Å²) in [5.41, 5.74) is 0. The van der Waals surface area contributed by atoms with Crippen LogP contribution in [0.2, 0.25) is 0 Å². The van der Waals surface area contributed by atoms with Crippen molar-refractivity contribution >= 4 is 0 Å². The Morgan fingerprint density at radius 2 is 0.489 bits per heavy atom. The van der Waals surface area contributed by atoms with Crippen LogP contribution in [-0.2, 0) is 0 Å². The average molecular weight is 634 g/mol. The van der Waals surface area contributed by atoms with Gasteiger partial charge >= 0.3 is 0 Å². The Morgan fingerprint density at radius 1 is 0.267 bits per heavy atom. The molecule has 0 rings (SSSR count). The highest BCUT2D eigenvalue weighted by atomic mass is 15.1. The summed E-state index contributed by atoms with van der Waals surface area (Å²) in [7, 11) is 0. The van der Waals surface area contributed by atoms with E-state index in [1.807, 2.05) is 0 Å². The standard InChI is InChI=1S/C44H91N/c1-5-9-12-15-18-19-20-21-22-23-24-25-27-32-37-42-45(8-4)43-38-33-28-26-31-36-41-44(39-34-29-16-13-10-6-2)40-35-30-17-14-11-7-3/h44H,5-43H2,1-4H3. The quantitative estimate of drug-likeness (QED) is 0.0607. The van der Waals surface area contributed by atoms with Crippen molar-refractivity contribution in [2.45, 2.75) is 259 Å². The Bertz CT molecular complexity index is 485. The Balaban J connectivity index is 3.70. The number of rotatable bonds is 40. The van der Waals surface area contributed by atoms with E-state index in [0.717, 1.165) is 5.92 Å². The third kappa shape index (κ3) is 36.6. The molecule has 0 aromatic heterocycles. The first-order valence-corrected chi connectivity index (χ1v) is 22.0. The van der Waals surface area contributed by atoms with Crippen LogP contribution in [0.3, 0.4) is 0 Å². The molecule has 0 aliphatic rings. The van der Waals surface area contributed by atoms with E-state index in [9.17, 15) is 0 Å². The van der Waals surface area contributed by atoms with Crippen molar-refractivity contribution in [2.24, 2.45) is 5.92 Å². The summed E-state index contributed by atoms with van der Waals surface area (Å²) in [6.07, 6.45) is 52.8. The van der Waals surface area contributed by atoms with E-state index in [1.54, 1.807) is 0 Å². The second-order valence-corrected chi connectivity index (χ2v) is 15.3. The van der Waals surface area contributed by atoms with Gasteiger partial charge in [0.1, 0.15) is 0 Å². The minimum atomic E-state index is 1.03. The fourth-order valence-electron chi connectivity index (χ4n) is 7.47. The van der Waals surface area contributed by atoms with Crippen LogP contribution >= 0.6 is 0 Å². The molecule has 0 amide bonds. The maximum atomic E-state index is 2.73. The molecule has 0 aromatic rings. The van der Waals surface area contributed by atoms with Crippen LogP contribution in [0, 0.1) is 5.92 Å². The number of hydrogen-bond acceptors (Lipinski definition) is 1. The van der Waals surface area contributed by atoms with Crippen molar-refractivity contribution in [3.05, 3.63) is 0 Å². The summed E-state index contributed by atoms with van der Waals surface area (Å²) in [5, 5.41) is 0. The van der Waals surface area contributed by atoms with Crippen molar-refractivity contribution in [1.82, 2.24) is 4.90 Å². The van der Waals surface area contributed by atoms with Crippen LogP contribution in [0.15, 0.2) is 0 Å². The molecule has 0 unspecified atom stereocenters. The lowest BCUT2D eigenvalue weighted by Gasteiger charge is -2.20. The summed E-state index contributed by atoms with van der Waals surface area (Å²) in [6, 6.07) is 0. The second kappa shape index (κ2) is 40.1. The van der Waals surface area contributed by atoms with Crippen molar-refractivity contribution in [2.75, 3.05) is 19.6 Å². The molecule has 0 aliphatic carbocycles. The Labute approximate surface area is 288 Å². The average Bonchev–Trinajstić information content (AvgIpc) is 3.05. The van der Waals surface area contributed by atoms with Gasteiger partial charge in [-0.3, -0.25) is 0 Å². The molecular weight excluding hydrogens is 542 g/mol. The largest absolute Gasteiger partial charge is 0.304 e. The first kappa shape index (κ1) is 45.0. The summed E-state index contributed by atoms with van der Waals surface area (Å²) < 4.78 is 0. The van der Waals surface area contributed by atoms with Gasteiger partial charge in [-0.25, -0.2) is 0 Å². The Hall–Kier alpha value is -0.0400. The van der Waals surface area contributed by atoms with Crippen molar-refractivity contribution in [1.29, 1.82) is 0 Å². The SMILES string of the molecule is CCCCCCCCCCCCCCCCCN(CC)CCCCCCCCC(CCCCCCCC)CCCCCCCC. The molecule has 0 saturated heterocycles. The lowest BCUT2D eigenvalue weighted by molar-refractivity contribution is 0.273. The molecule has 0 aromatic carbocycles. The topological polar surface area (TPSA) is 3.24 Å². The molecular formula is C44H91N. The molecule has 0 heterocycles. The first-order chi connectivity index (χ1) is 22.3. The van der Waals surface area contributed by atoms with Gasteiger partial charge in [0.2, 0.25) is 0 Å². The highest BCUT2D eigenvalue weighted by Gasteiger charge is 2.09. The minimum absolute atomic E-state index is 1.03. The van der Waals surface area contributed by atoms with Crippen LogP contribution in [0.1, 0.15) is 259 Å². The van der Waals surface area contributed by atoms with Crippen LogP contribution < -0.4 is 0 Å². The van der Waals surface area contributed by atoms with Gasteiger partial charge in [-0.05, 0) is 38.4 Å². The lowest BCUT2D eigenvalue weighted by atomic mass is 9.89. The molecule has 0 atom stereocenters. The van der Waals surface area contributed by atoms with Gasteiger partial charge in [0.05, 0.1) is 0 Å². The zero-order valence-electron chi connectivity index (χ0n) is 32.6. The Morgan fingerprint density at radius 3 is 0.733 bits per heavy atom. The number of nitrogens with zero attached hydrogens (tertiary/aromatic N) is 1. The monoisotopic (exact) mass is 634 g/mol. The third-order valence-corrected chi connectivity index (χ3v) is 10.8. The molecule has 0 N–H and O–H groups in total. The van der Waals surface area contributed by atoms with Crippen LogP contribution in [0.4, 0.5) is 0 Å². The number of unbranched alkanes of at least 4 members (excludes halogenated alkanes) is 29. The zero-order valence-corrected chi connectivity index (χ0v) is 32.6. The first-order valence-electron chi connectivity index (χ1n) is 22.0. The van der Waals surface area contributed by atoms with E-state index in [1.165, 1.54) is 251 Å². The second-order valence-electron chi connectivity index (χ2n) is 15.3. The summed E-state index contributed by atoms with van der Waals surface area (Å²) >= 11 is 0. The summed E-state index contributed by atoms with van der Waals surface area (Å²) in [5.74, 6) is 1.03. The normalized spacial score (nSPS) is 11.9. The van der Waals surface area contributed by atoms with E-state index in [2.05, 4.69) is 32.6 Å². The molecule has 0 bridgehead atoms. The van der Waals surface area contributed by atoms with Gasteiger partial charge < -0.3 is 4.90 Å². The minimum Gasteiger partial charge on any atom is -0.304 e. The van der Waals surface area contributed by atoms with Crippen molar-refractivity contribution in [3.8, 4) is 0 Å². The fraction of sp³-hybridized carbons (Fsp3) is 1.00. The zero-order chi connectivity index (χ0) is 32.7. The predicted molar refractivity (Wildman–Crippen MR) is 209 cm³/mol. The molecule has 0 aliphatic heterocycles. The highest BCUT2D eigenvalue weighted by Crippen LogP contribution is 2.25. The van der Waals surface area contributed by atoms with E-state index in [0.29, 0.717) is 0 Å². The predicted octanol–water partition coefficient (Wildman–Crippen LogP) is 16.0. The van der Waals surface area contributed by atoms with Crippen molar-refractivity contribution < 1.29 is 0 Å². The van der Waals surface area contributed by atoms with E-state index in [4.69, 9.17) is 0 Å². The third-order valence-electron chi connectivity index (χ3n) is 10.8. The van der Waals surface area contributed by atoms with Gasteiger partial charge in [-0.1, -0.05) is 246 Å². The molecule has 0 radical (unpaired) electrons. The molecule has 45 heavy (non-hydrogen) atoms. The number of hydrogen-bond donors (Lipinski definition) is 0. The molecule has 0 fully saturated rings. The Kier molecular flexibility index (Phi) is 40.1. The highest BCUT2D eigenvalue weighted by molar-refractivity contribution is 4.63. The maximum absolute atomic E-state index is 2.73. The molecule has 272 valence electrons. The van der Waals surface area contributed by atoms with E-state index >= 15 is 0 Å². The molecule has 1 heteroatoms. The van der Waals surface area contributed by atoms with Gasteiger partial charge in [0, 0.05) is 0 Å². The van der Waals surface area contributed by atoms with Crippen LogP contribution in [0.5, 0.6) is 0 Å². The lowest BCUT2D eigenvalue weighted by Crippen LogP contribution is -2.25. The van der Waals surface area contributed by atoms with Crippen LogP contribution in [-0.4, -0.2) is 24.5 Å². The summed E-state index contributed by atoms with van der Waals surface area (Å²) in [6.45, 7) is 13.3. The molecule has 0 saturated carbocycles. The fourth-order valence-corrected chi connectivity index (χ4v) is 7.47. The molecule has 1 nitrogen and oxygen atoms in total. The van der Waals surface area contributed by atoms with Crippen molar-refractivity contribution in [3.63, 3.8) is 0 Å². The maximum Gasteiger partial charge on any atom is -0.00189 e. The van der Waals surface area contributed by atoms with Gasteiger partial charge in [0.25, 0.3) is 0 Å². The van der Waals surface area contributed by atoms with E-state index in [-0.39, 0.29) is 0 Å². The van der Waals surface area contributed by atoms with Gasteiger partial charge in [0.15, 0.2) is 0 Å². The van der Waals surface area contributed by atoms with Crippen LogP contribution in [0.25, 0.3) is 0 Å².